The third-order valence-corrected chi connectivity index (χ3v) is 4.28. The second-order valence-corrected chi connectivity index (χ2v) is 5.82. The SMILES string of the molecule is O=C(C=Cc1ccc2c(c1)OCO2)N1CCN(c2cnccn2)CC1. The number of ether oxygens (including phenoxy) is 2. The lowest BCUT2D eigenvalue weighted by atomic mass is 10.2. The van der Waals surface area contributed by atoms with Crippen molar-refractivity contribution in [2.45, 2.75) is 0 Å². The van der Waals surface area contributed by atoms with Gasteiger partial charge in [0.25, 0.3) is 0 Å². The maximum Gasteiger partial charge on any atom is 0.246 e. The van der Waals surface area contributed by atoms with E-state index in [0.29, 0.717) is 18.8 Å². The largest absolute Gasteiger partial charge is 0.454 e. The molecule has 0 aliphatic carbocycles. The number of benzene rings is 1. The van der Waals surface area contributed by atoms with Gasteiger partial charge in [0.1, 0.15) is 5.82 Å². The number of fused-ring (bicyclic) bond motifs is 1. The molecule has 1 amide bonds. The third kappa shape index (κ3) is 3.40. The van der Waals surface area contributed by atoms with Crippen LogP contribution in [-0.2, 0) is 4.79 Å². The van der Waals surface area contributed by atoms with E-state index < -0.39 is 0 Å². The van der Waals surface area contributed by atoms with Crippen molar-refractivity contribution in [2.24, 2.45) is 0 Å². The zero-order valence-electron chi connectivity index (χ0n) is 13.7. The Hall–Kier alpha value is -3.09. The predicted octanol–water partition coefficient (Wildman–Crippen LogP) is 1.57. The summed E-state index contributed by atoms with van der Waals surface area (Å²) in [5, 5.41) is 0. The lowest BCUT2D eigenvalue weighted by Crippen LogP contribution is -2.48. The van der Waals surface area contributed by atoms with E-state index in [1.807, 2.05) is 23.1 Å². The van der Waals surface area contributed by atoms with Crippen LogP contribution in [0.2, 0.25) is 0 Å². The normalized spacial score (nSPS) is 16.5. The summed E-state index contributed by atoms with van der Waals surface area (Å²) >= 11 is 0. The molecule has 0 spiro atoms. The highest BCUT2D eigenvalue weighted by Crippen LogP contribution is 2.32. The molecular weight excluding hydrogens is 320 g/mol. The molecule has 7 heteroatoms. The molecule has 4 rings (SSSR count). The van der Waals surface area contributed by atoms with Crippen molar-refractivity contribution in [3.63, 3.8) is 0 Å². The Morgan fingerprint density at radius 3 is 2.72 bits per heavy atom. The quantitative estimate of drug-likeness (QED) is 0.792. The van der Waals surface area contributed by atoms with E-state index in [-0.39, 0.29) is 12.7 Å². The summed E-state index contributed by atoms with van der Waals surface area (Å²) in [6, 6.07) is 5.63. The summed E-state index contributed by atoms with van der Waals surface area (Å²) in [7, 11) is 0. The molecule has 0 bridgehead atoms. The summed E-state index contributed by atoms with van der Waals surface area (Å²) in [6.45, 7) is 3.09. The molecule has 128 valence electrons. The molecule has 1 aromatic carbocycles. The molecule has 0 unspecified atom stereocenters. The van der Waals surface area contributed by atoms with Crippen LogP contribution in [0.1, 0.15) is 5.56 Å². The van der Waals surface area contributed by atoms with Crippen LogP contribution in [0.5, 0.6) is 11.5 Å². The topological polar surface area (TPSA) is 67.8 Å². The van der Waals surface area contributed by atoms with Crippen LogP contribution in [0, 0.1) is 0 Å². The second-order valence-electron chi connectivity index (χ2n) is 5.82. The molecule has 0 radical (unpaired) electrons. The van der Waals surface area contributed by atoms with E-state index in [0.717, 1.165) is 30.2 Å². The van der Waals surface area contributed by atoms with Crippen molar-refractivity contribution in [3.05, 3.63) is 48.4 Å². The first-order valence-corrected chi connectivity index (χ1v) is 8.17. The monoisotopic (exact) mass is 338 g/mol. The number of carbonyl (C=O) groups is 1. The van der Waals surface area contributed by atoms with Crippen molar-refractivity contribution >= 4 is 17.8 Å². The fourth-order valence-corrected chi connectivity index (χ4v) is 2.90. The van der Waals surface area contributed by atoms with Crippen LogP contribution in [0.15, 0.2) is 42.9 Å². The molecule has 1 fully saturated rings. The second kappa shape index (κ2) is 6.80. The van der Waals surface area contributed by atoms with Crippen molar-refractivity contribution in [1.82, 2.24) is 14.9 Å². The molecule has 2 aliphatic heterocycles. The molecule has 0 saturated carbocycles. The van der Waals surface area contributed by atoms with Crippen molar-refractivity contribution in [3.8, 4) is 11.5 Å². The summed E-state index contributed by atoms with van der Waals surface area (Å²) < 4.78 is 10.6. The minimum atomic E-state index is 0.0106. The number of carbonyl (C=O) groups excluding carboxylic acids is 1. The van der Waals surface area contributed by atoms with Gasteiger partial charge in [-0.3, -0.25) is 9.78 Å². The van der Waals surface area contributed by atoms with Crippen LogP contribution in [0.3, 0.4) is 0 Å². The first-order valence-electron chi connectivity index (χ1n) is 8.17. The molecule has 1 saturated heterocycles. The number of nitrogens with zero attached hydrogens (tertiary/aromatic N) is 4. The highest BCUT2D eigenvalue weighted by Gasteiger charge is 2.20. The molecule has 2 aliphatic rings. The number of anilines is 1. The first kappa shape index (κ1) is 15.4. The van der Waals surface area contributed by atoms with Gasteiger partial charge < -0.3 is 19.3 Å². The smallest absolute Gasteiger partial charge is 0.246 e. The maximum atomic E-state index is 12.4. The lowest BCUT2D eigenvalue weighted by molar-refractivity contribution is -0.126. The zero-order chi connectivity index (χ0) is 17.1. The summed E-state index contributed by atoms with van der Waals surface area (Å²) in [5.41, 5.74) is 0.913. The zero-order valence-corrected chi connectivity index (χ0v) is 13.7. The van der Waals surface area contributed by atoms with Crippen molar-refractivity contribution < 1.29 is 14.3 Å². The summed E-state index contributed by atoms with van der Waals surface area (Å²) in [6.07, 6.45) is 8.50. The average molecular weight is 338 g/mol. The number of amides is 1. The standard InChI is InChI=1S/C18H18N4O3/c23-18(4-2-14-1-3-15-16(11-14)25-13-24-15)22-9-7-21(8-10-22)17-12-19-5-6-20-17/h1-6,11-12H,7-10,13H2. The number of hydrogen-bond donors (Lipinski definition) is 0. The predicted molar refractivity (Wildman–Crippen MR) is 92.4 cm³/mol. The average Bonchev–Trinajstić information content (AvgIpc) is 3.15. The van der Waals surface area contributed by atoms with Crippen LogP contribution < -0.4 is 14.4 Å². The van der Waals surface area contributed by atoms with Gasteiger partial charge in [0.2, 0.25) is 12.7 Å². The molecular formula is C18H18N4O3. The van der Waals surface area contributed by atoms with E-state index in [1.54, 1.807) is 30.7 Å². The Morgan fingerprint density at radius 1 is 1.08 bits per heavy atom. The number of hydrogen-bond acceptors (Lipinski definition) is 6. The molecule has 7 nitrogen and oxygen atoms in total. The summed E-state index contributed by atoms with van der Waals surface area (Å²) in [5.74, 6) is 2.32. The number of piperazine rings is 1. The van der Waals surface area contributed by atoms with Gasteiger partial charge in [-0.15, -0.1) is 0 Å². The Kier molecular flexibility index (Phi) is 4.20. The summed E-state index contributed by atoms with van der Waals surface area (Å²) in [4.78, 5) is 24.8. The highest BCUT2D eigenvalue weighted by molar-refractivity contribution is 5.92. The van der Waals surface area contributed by atoms with Crippen LogP contribution in [0.25, 0.3) is 6.08 Å². The Balaban J connectivity index is 1.34. The molecule has 1 aromatic heterocycles. The Bertz CT molecular complexity index is 786. The number of rotatable bonds is 3. The van der Waals surface area contributed by atoms with E-state index in [9.17, 15) is 4.79 Å². The minimum absolute atomic E-state index is 0.0106. The van der Waals surface area contributed by atoms with Crippen LogP contribution in [0.4, 0.5) is 5.82 Å². The fourth-order valence-electron chi connectivity index (χ4n) is 2.90. The molecule has 2 aromatic rings. The van der Waals surface area contributed by atoms with E-state index in [1.165, 1.54) is 0 Å². The van der Waals surface area contributed by atoms with Gasteiger partial charge in [0.15, 0.2) is 11.5 Å². The molecule has 0 N–H and O–H groups in total. The van der Waals surface area contributed by atoms with Crippen molar-refractivity contribution in [2.75, 3.05) is 37.9 Å². The van der Waals surface area contributed by atoms with Gasteiger partial charge >= 0.3 is 0 Å². The van der Waals surface area contributed by atoms with E-state index in [2.05, 4.69) is 14.9 Å². The van der Waals surface area contributed by atoms with E-state index in [4.69, 9.17) is 9.47 Å². The van der Waals surface area contributed by atoms with Crippen LogP contribution in [-0.4, -0.2) is 53.7 Å². The fraction of sp³-hybridized carbons (Fsp3) is 0.278. The molecule has 3 heterocycles. The minimum Gasteiger partial charge on any atom is -0.454 e. The lowest BCUT2D eigenvalue weighted by Gasteiger charge is -2.34. The van der Waals surface area contributed by atoms with Gasteiger partial charge in [-0.05, 0) is 23.8 Å². The Morgan fingerprint density at radius 2 is 1.92 bits per heavy atom. The van der Waals surface area contributed by atoms with Gasteiger partial charge in [-0.1, -0.05) is 6.07 Å². The first-order chi connectivity index (χ1) is 12.3. The van der Waals surface area contributed by atoms with Crippen molar-refractivity contribution in [1.29, 1.82) is 0 Å². The van der Waals surface area contributed by atoms with E-state index >= 15 is 0 Å². The molecule has 0 atom stereocenters. The van der Waals surface area contributed by atoms with Gasteiger partial charge in [-0.25, -0.2) is 4.98 Å². The maximum absolute atomic E-state index is 12.4. The Labute approximate surface area is 145 Å². The number of aromatic nitrogens is 2. The third-order valence-electron chi connectivity index (χ3n) is 4.28. The van der Waals surface area contributed by atoms with Gasteiger partial charge in [0.05, 0.1) is 6.20 Å². The van der Waals surface area contributed by atoms with Gasteiger partial charge in [-0.2, -0.15) is 0 Å². The molecule has 25 heavy (non-hydrogen) atoms. The van der Waals surface area contributed by atoms with Crippen LogP contribution >= 0.6 is 0 Å². The van der Waals surface area contributed by atoms with Gasteiger partial charge in [0, 0.05) is 44.6 Å². The highest BCUT2D eigenvalue weighted by atomic mass is 16.7.